The summed E-state index contributed by atoms with van der Waals surface area (Å²) < 4.78 is 0. The fourth-order valence-corrected chi connectivity index (χ4v) is 2.63. The van der Waals surface area contributed by atoms with E-state index in [-0.39, 0.29) is 11.1 Å². The number of hydrogen-bond donors (Lipinski definition) is 2. The van der Waals surface area contributed by atoms with Crippen molar-refractivity contribution in [3.05, 3.63) is 54.0 Å². The molecule has 1 heterocycles. The van der Waals surface area contributed by atoms with E-state index in [1.807, 2.05) is 6.07 Å². The molecule has 0 bridgehead atoms. The van der Waals surface area contributed by atoms with Crippen molar-refractivity contribution in [2.45, 2.75) is 19.3 Å². The number of nitrogens with zero attached hydrogens (tertiary/aromatic N) is 2. The summed E-state index contributed by atoms with van der Waals surface area (Å²) >= 11 is 0. The maximum atomic E-state index is 10.7. The highest BCUT2D eigenvalue weighted by Crippen LogP contribution is 2.58. The van der Waals surface area contributed by atoms with Crippen LogP contribution in [0, 0.1) is 5.41 Å². The monoisotopic (exact) mass is 283 g/mol. The van der Waals surface area contributed by atoms with Crippen molar-refractivity contribution in [1.82, 2.24) is 9.97 Å². The van der Waals surface area contributed by atoms with Gasteiger partial charge >= 0.3 is 5.97 Å². The summed E-state index contributed by atoms with van der Waals surface area (Å²) in [6, 6.07) is 10.5. The van der Waals surface area contributed by atoms with Crippen molar-refractivity contribution in [2.75, 3.05) is 11.9 Å². The summed E-state index contributed by atoms with van der Waals surface area (Å²) in [6.45, 7) is 3.05. The first-order chi connectivity index (χ1) is 10.1. The number of anilines is 1. The standard InChI is InChI=1S/C16H17N3O2/c1-16(7-12(16)11-5-3-2-4-6-11)10-19-14-9-17-13(8-18-14)15(20)21/h2-6,8-9,12H,7,10H2,1H3,(H,18,19)(H,20,21)/t12-,16-/m0/s1. The zero-order valence-electron chi connectivity index (χ0n) is 11.8. The first-order valence-corrected chi connectivity index (χ1v) is 6.93. The lowest BCUT2D eigenvalue weighted by Crippen LogP contribution is -2.15. The first-order valence-electron chi connectivity index (χ1n) is 6.93. The summed E-state index contributed by atoms with van der Waals surface area (Å²) in [4.78, 5) is 18.6. The fraction of sp³-hybridized carbons (Fsp3) is 0.312. The van der Waals surface area contributed by atoms with Crippen molar-refractivity contribution in [3.8, 4) is 0 Å². The number of aromatic carboxylic acids is 1. The van der Waals surface area contributed by atoms with Gasteiger partial charge in [0.15, 0.2) is 5.69 Å². The quantitative estimate of drug-likeness (QED) is 0.882. The lowest BCUT2D eigenvalue weighted by Gasteiger charge is -2.13. The molecule has 0 spiro atoms. The second kappa shape index (κ2) is 5.16. The minimum absolute atomic E-state index is 0.0413. The van der Waals surface area contributed by atoms with Crippen molar-refractivity contribution in [2.24, 2.45) is 5.41 Å². The smallest absolute Gasteiger partial charge is 0.356 e. The third kappa shape index (κ3) is 2.86. The molecule has 1 fully saturated rings. The summed E-state index contributed by atoms with van der Waals surface area (Å²) in [5, 5.41) is 12.0. The van der Waals surface area contributed by atoms with Crippen molar-refractivity contribution >= 4 is 11.8 Å². The van der Waals surface area contributed by atoms with Crippen LogP contribution in [0.4, 0.5) is 5.82 Å². The van der Waals surface area contributed by atoms with Crippen LogP contribution in [0.5, 0.6) is 0 Å². The highest BCUT2D eigenvalue weighted by Gasteiger charge is 2.50. The van der Waals surface area contributed by atoms with Gasteiger partial charge in [-0.3, -0.25) is 0 Å². The number of aromatic nitrogens is 2. The highest BCUT2D eigenvalue weighted by atomic mass is 16.4. The van der Waals surface area contributed by atoms with E-state index in [9.17, 15) is 4.79 Å². The van der Waals surface area contributed by atoms with Crippen LogP contribution < -0.4 is 5.32 Å². The Labute approximate surface area is 123 Å². The number of hydrogen-bond acceptors (Lipinski definition) is 4. The molecule has 1 aromatic carbocycles. The number of rotatable bonds is 5. The minimum Gasteiger partial charge on any atom is -0.476 e. The van der Waals surface area contributed by atoms with Crippen LogP contribution in [0.2, 0.25) is 0 Å². The Bertz CT molecular complexity index is 642. The van der Waals surface area contributed by atoms with Gasteiger partial charge in [0, 0.05) is 6.54 Å². The molecule has 0 radical (unpaired) electrons. The van der Waals surface area contributed by atoms with Crippen LogP contribution in [-0.4, -0.2) is 27.6 Å². The normalized spacial score (nSPS) is 23.6. The molecule has 1 aliphatic carbocycles. The predicted octanol–water partition coefficient (Wildman–Crippen LogP) is 2.78. The molecule has 1 aromatic heterocycles. The molecule has 0 amide bonds. The molecule has 5 nitrogen and oxygen atoms in total. The number of carboxylic acid groups (broad SMARTS) is 1. The van der Waals surface area contributed by atoms with Gasteiger partial charge in [0.2, 0.25) is 0 Å². The first kappa shape index (κ1) is 13.5. The molecule has 0 aliphatic heterocycles. The van der Waals surface area contributed by atoms with E-state index in [2.05, 4.69) is 46.5 Å². The highest BCUT2D eigenvalue weighted by molar-refractivity contribution is 5.84. The van der Waals surface area contributed by atoms with E-state index in [0.29, 0.717) is 11.7 Å². The summed E-state index contributed by atoms with van der Waals surface area (Å²) in [5.41, 5.74) is 1.54. The minimum atomic E-state index is -1.06. The molecule has 2 aromatic rings. The van der Waals surface area contributed by atoms with Crippen molar-refractivity contribution in [3.63, 3.8) is 0 Å². The second-order valence-electron chi connectivity index (χ2n) is 5.77. The van der Waals surface area contributed by atoms with Gasteiger partial charge in [-0.1, -0.05) is 37.3 Å². The number of carbonyl (C=O) groups is 1. The van der Waals surface area contributed by atoms with Gasteiger partial charge in [-0.05, 0) is 23.3 Å². The maximum Gasteiger partial charge on any atom is 0.356 e. The molecular formula is C16H17N3O2. The van der Waals surface area contributed by atoms with Gasteiger partial charge in [0.25, 0.3) is 0 Å². The Balaban J connectivity index is 1.60. The maximum absolute atomic E-state index is 10.7. The molecule has 1 saturated carbocycles. The van der Waals surface area contributed by atoms with E-state index in [0.717, 1.165) is 13.0 Å². The topological polar surface area (TPSA) is 75.1 Å². The number of carboxylic acids is 1. The molecule has 0 saturated heterocycles. The molecule has 3 rings (SSSR count). The second-order valence-corrected chi connectivity index (χ2v) is 5.77. The fourth-order valence-electron chi connectivity index (χ4n) is 2.63. The number of nitrogens with one attached hydrogen (secondary N) is 1. The SMILES string of the molecule is C[C@@]1(CNc2cnc(C(=O)O)cn2)C[C@H]1c1ccccc1. The van der Waals surface area contributed by atoms with Crippen LogP contribution in [0.3, 0.4) is 0 Å². The van der Waals surface area contributed by atoms with E-state index in [4.69, 9.17) is 5.11 Å². The summed E-state index contributed by atoms with van der Waals surface area (Å²) in [7, 11) is 0. The number of benzene rings is 1. The predicted molar refractivity (Wildman–Crippen MR) is 79.4 cm³/mol. The van der Waals surface area contributed by atoms with Gasteiger partial charge in [-0.15, -0.1) is 0 Å². The Morgan fingerprint density at radius 1 is 1.33 bits per heavy atom. The van der Waals surface area contributed by atoms with Gasteiger partial charge in [-0.2, -0.15) is 0 Å². The third-order valence-electron chi connectivity index (χ3n) is 4.10. The average Bonchev–Trinajstić information content (AvgIpc) is 3.19. The molecule has 5 heteroatoms. The lowest BCUT2D eigenvalue weighted by molar-refractivity contribution is 0.0690. The molecule has 1 aliphatic rings. The Hall–Kier alpha value is -2.43. The Morgan fingerprint density at radius 2 is 2.10 bits per heavy atom. The van der Waals surface area contributed by atoms with Crippen molar-refractivity contribution < 1.29 is 9.90 Å². The summed E-state index contributed by atoms with van der Waals surface area (Å²) in [6.07, 6.45) is 3.88. The van der Waals surface area contributed by atoms with Gasteiger partial charge in [0.1, 0.15) is 5.82 Å². The molecule has 2 N–H and O–H groups in total. The largest absolute Gasteiger partial charge is 0.476 e. The average molecular weight is 283 g/mol. The molecule has 2 atom stereocenters. The van der Waals surface area contributed by atoms with Crippen LogP contribution >= 0.6 is 0 Å². The van der Waals surface area contributed by atoms with E-state index >= 15 is 0 Å². The zero-order valence-corrected chi connectivity index (χ0v) is 11.8. The Kier molecular flexibility index (Phi) is 3.33. The van der Waals surface area contributed by atoms with E-state index < -0.39 is 5.97 Å². The van der Waals surface area contributed by atoms with Crippen LogP contribution in [-0.2, 0) is 0 Å². The van der Waals surface area contributed by atoms with Crippen LogP contribution in [0.1, 0.15) is 35.3 Å². The molecule has 0 unspecified atom stereocenters. The summed E-state index contributed by atoms with van der Waals surface area (Å²) in [5.74, 6) is 0.115. The van der Waals surface area contributed by atoms with Gasteiger partial charge in [-0.25, -0.2) is 14.8 Å². The zero-order chi connectivity index (χ0) is 14.9. The van der Waals surface area contributed by atoms with E-state index in [1.54, 1.807) is 0 Å². The van der Waals surface area contributed by atoms with Crippen LogP contribution in [0.25, 0.3) is 0 Å². The Morgan fingerprint density at radius 3 is 2.71 bits per heavy atom. The van der Waals surface area contributed by atoms with E-state index in [1.165, 1.54) is 18.0 Å². The molecular weight excluding hydrogens is 266 g/mol. The van der Waals surface area contributed by atoms with Crippen LogP contribution in [0.15, 0.2) is 42.7 Å². The van der Waals surface area contributed by atoms with Crippen molar-refractivity contribution in [1.29, 1.82) is 0 Å². The molecule has 108 valence electrons. The van der Waals surface area contributed by atoms with Gasteiger partial charge < -0.3 is 10.4 Å². The lowest BCUT2D eigenvalue weighted by atomic mass is 10.0. The molecule has 21 heavy (non-hydrogen) atoms. The van der Waals surface area contributed by atoms with Gasteiger partial charge in [0.05, 0.1) is 12.4 Å². The third-order valence-corrected chi connectivity index (χ3v) is 4.10.